The van der Waals surface area contributed by atoms with E-state index in [-0.39, 0.29) is 17.9 Å². The molecule has 1 amide bonds. The third kappa shape index (κ3) is 1.98. The van der Waals surface area contributed by atoms with Crippen molar-refractivity contribution in [3.05, 3.63) is 65.2 Å². The number of hydrogen-bond acceptors (Lipinski definition) is 4. The van der Waals surface area contributed by atoms with Gasteiger partial charge in [-0.2, -0.15) is 0 Å². The Kier molecular flexibility index (Phi) is 3.39. The first-order valence-corrected chi connectivity index (χ1v) is 7.99. The van der Waals surface area contributed by atoms with E-state index in [9.17, 15) is 9.59 Å². The van der Waals surface area contributed by atoms with Crippen LogP contribution in [0.3, 0.4) is 0 Å². The van der Waals surface area contributed by atoms with Gasteiger partial charge >= 0.3 is 5.97 Å². The molecule has 24 heavy (non-hydrogen) atoms. The largest absolute Gasteiger partial charge is 0.465 e. The molecule has 0 saturated carbocycles. The maximum absolute atomic E-state index is 12.8. The topological polar surface area (TPSA) is 67.4 Å². The number of amides is 1. The molecule has 2 aromatic carbocycles. The first-order valence-electron chi connectivity index (χ1n) is 7.99. The Labute approximate surface area is 140 Å². The van der Waals surface area contributed by atoms with Crippen molar-refractivity contribution < 1.29 is 14.3 Å². The molecule has 2 aliphatic rings. The molecule has 1 fully saturated rings. The van der Waals surface area contributed by atoms with Gasteiger partial charge in [-0.1, -0.05) is 30.3 Å². The summed E-state index contributed by atoms with van der Waals surface area (Å²) in [4.78, 5) is 24.4. The number of anilines is 1. The molecule has 0 aliphatic carbocycles. The summed E-state index contributed by atoms with van der Waals surface area (Å²) < 4.78 is 4.74. The van der Waals surface area contributed by atoms with E-state index in [4.69, 9.17) is 4.74 Å². The number of hydrogen-bond donors (Lipinski definition) is 2. The van der Waals surface area contributed by atoms with Crippen LogP contribution in [-0.2, 0) is 14.9 Å². The van der Waals surface area contributed by atoms with Gasteiger partial charge < -0.3 is 15.4 Å². The fraction of sp³-hybridized carbons (Fsp3) is 0.263. The molecule has 0 bridgehead atoms. The second kappa shape index (κ2) is 5.46. The molecular formula is C19H18N2O3. The Morgan fingerprint density at radius 2 is 1.92 bits per heavy atom. The first-order chi connectivity index (χ1) is 11.7. The fourth-order valence-electron chi connectivity index (χ4n) is 3.94. The maximum Gasteiger partial charge on any atom is 0.337 e. The smallest absolute Gasteiger partial charge is 0.337 e. The Morgan fingerprint density at radius 1 is 1.17 bits per heavy atom. The molecule has 5 nitrogen and oxygen atoms in total. The normalized spacial score (nSPS) is 24.7. The minimum atomic E-state index is -0.594. The van der Waals surface area contributed by atoms with Crippen molar-refractivity contribution in [3.63, 3.8) is 0 Å². The number of carbonyl (C=O) groups excluding carboxylic acids is 2. The predicted molar refractivity (Wildman–Crippen MR) is 89.9 cm³/mol. The van der Waals surface area contributed by atoms with Crippen molar-refractivity contribution in [1.29, 1.82) is 0 Å². The van der Waals surface area contributed by atoms with Crippen molar-refractivity contribution in [1.82, 2.24) is 5.32 Å². The van der Waals surface area contributed by atoms with Crippen LogP contribution in [0.5, 0.6) is 0 Å². The Hall–Kier alpha value is -2.66. The molecule has 2 aliphatic heterocycles. The van der Waals surface area contributed by atoms with Crippen molar-refractivity contribution in [2.75, 3.05) is 19.0 Å². The number of methoxy groups -OCH3 is 1. The van der Waals surface area contributed by atoms with E-state index in [0.717, 1.165) is 29.8 Å². The van der Waals surface area contributed by atoms with Gasteiger partial charge in [0.1, 0.15) is 0 Å². The van der Waals surface area contributed by atoms with Gasteiger partial charge in [-0.3, -0.25) is 4.79 Å². The van der Waals surface area contributed by atoms with Crippen molar-refractivity contribution >= 4 is 17.6 Å². The number of fused-ring (bicyclic) bond motifs is 2. The molecule has 2 atom stereocenters. The van der Waals surface area contributed by atoms with Gasteiger partial charge in [0, 0.05) is 5.69 Å². The lowest BCUT2D eigenvalue weighted by atomic mass is 9.73. The molecule has 1 saturated heterocycles. The Morgan fingerprint density at radius 3 is 2.67 bits per heavy atom. The van der Waals surface area contributed by atoms with Gasteiger partial charge in [-0.05, 0) is 42.3 Å². The van der Waals surface area contributed by atoms with Crippen LogP contribution in [0.1, 0.15) is 33.9 Å². The monoisotopic (exact) mass is 322 g/mol. The number of nitrogens with one attached hydrogen (secondary N) is 2. The third-order valence-electron chi connectivity index (χ3n) is 5.09. The Balaban J connectivity index is 1.76. The lowest BCUT2D eigenvalue weighted by Crippen LogP contribution is -2.39. The first kappa shape index (κ1) is 14.9. The number of rotatable bonds is 2. The molecule has 0 radical (unpaired) electrons. The zero-order valence-corrected chi connectivity index (χ0v) is 13.3. The molecule has 5 heteroatoms. The minimum Gasteiger partial charge on any atom is -0.465 e. The highest BCUT2D eigenvalue weighted by atomic mass is 16.5. The summed E-state index contributed by atoms with van der Waals surface area (Å²) in [7, 11) is 1.36. The quantitative estimate of drug-likeness (QED) is 0.833. The minimum absolute atomic E-state index is 0.0377. The van der Waals surface area contributed by atoms with Crippen LogP contribution in [0.25, 0.3) is 0 Å². The zero-order valence-electron chi connectivity index (χ0n) is 13.3. The van der Waals surface area contributed by atoms with Crippen LogP contribution in [0.4, 0.5) is 5.69 Å². The second-order valence-corrected chi connectivity index (χ2v) is 6.22. The highest BCUT2D eigenvalue weighted by Crippen LogP contribution is 2.50. The van der Waals surface area contributed by atoms with Gasteiger partial charge in [0.05, 0.1) is 24.1 Å². The van der Waals surface area contributed by atoms with Crippen LogP contribution in [0.15, 0.2) is 48.5 Å². The molecular weight excluding hydrogens is 304 g/mol. The summed E-state index contributed by atoms with van der Waals surface area (Å²) in [5.74, 6) is -0.324. The highest BCUT2D eigenvalue weighted by Gasteiger charge is 2.55. The van der Waals surface area contributed by atoms with Crippen molar-refractivity contribution in [2.24, 2.45) is 0 Å². The molecule has 0 unspecified atom stereocenters. The number of esters is 1. The zero-order chi connectivity index (χ0) is 16.7. The summed E-state index contributed by atoms with van der Waals surface area (Å²) in [6.07, 6.45) is 0.749. The van der Waals surface area contributed by atoms with E-state index in [1.807, 2.05) is 36.4 Å². The van der Waals surface area contributed by atoms with Crippen LogP contribution in [0.2, 0.25) is 0 Å². The summed E-state index contributed by atoms with van der Waals surface area (Å²) in [5.41, 5.74) is 2.84. The van der Waals surface area contributed by atoms with Gasteiger partial charge in [-0.25, -0.2) is 4.79 Å². The average Bonchev–Trinajstić information content (AvgIpc) is 3.18. The number of carbonyl (C=O) groups is 2. The van der Waals surface area contributed by atoms with Crippen LogP contribution < -0.4 is 10.6 Å². The van der Waals surface area contributed by atoms with E-state index >= 15 is 0 Å². The SMILES string of the molecule is COC(=O)c1ccc([C@@H]2NCC[C@@]23C(=O)Nc2ccccc23)cc1. The summed E-state index contributed by atoms with van der Waals surface area (Å²) in [6.45, 7) is 0.769. The predicted octanol–water partition coefficient (Wildman–Crippen LogP) is 2.40. The van der Waals surface area contributed by atoms with E-state index < -0.39 is 5.41 Å². The molecule has 0 aromatic heterocycles. The molecule has 2 N–H and O–H groups in total. The number of para-hydroxylation sites is 1. The summed E-state index contributed by atoms with van der Waals surface area (Å²) >= 11 is 0. The molecule has 1 spiro atoms. The third-order valence-corrected chi connectivity index (χ3v) is 5.09. The second-order valence-electron chi connectivity index (χ2n) is 6.22. The standard InChI is InChI=1S/C19H18N2O3/c1-24-17(22)13-8-6-12(7-9-13)16-19(10-11-20-16)14-4-2-3-5-15(14)21-18(19)23/h2-9,16,20H,10-11H2,1H3,(H,21,23)/t16-,19-/m0/s1. The lowest BCUT2D eigenvalue weighted by Gasteiger charge is -2.29. The van der Waals surface area contributed by atoms with E-state index in [0.29, 0.717) is 5.56 Å². The lowest BCUT2D eigenvalue weighted by molar-refractivity contribution is -0.121. The van der Waals surface area contributed by atoms with Gasteiger partial charge in [0.2, 0.25) is 5.91 Å². The molecule has 122 valence electrons. The highest BCUT2D eigenvalue weighted by molar-refractivity contribution is 6.07. The molecule has 2 heterocycles. The van der Waals surface area contributed by atoms with Gasteiger partial charge in [-0.15, -0.1) is 0 Å². The number of benzene rings is 2. The van der Waals surface area contributed by atoms with Crippen LogP contribution >= 0.6 is 0 Å². The summed E-state index contributed by atoms with van der Waals surface area (Å²) in [5, 5.41) is 6.48. The van der Waals surface area contributed by atoms with E-state index in [2.05, 4.69) is 10.6 Å². The number of ether oxygens (including phenoxy) is 1. The van der Waals surface area contributed by atoms with E-state index in [1.54, 1.807) is 12.1 Å². The molecule has 4 rings (SSSR count). The van der Waals surface area contributed by atoms with Crippen LogP contribution in [0, 0.1) is 0 Å². The van der Waals surface area contributed by atoms with Crippen LogP contribution in [-0.4, -0.2) is 25.5 Å². The maximum atomic E-state index is 12.8. The van der Waals surface area contributed by atoms with Gasteiger partial charge in [0.15, 0.2) is 0 Å². The van der Waals surface area contributed by atoms with Crippen molar-refractivity contribution in [3.8, 4) is 0 Å². The average molecular weight is 322 g/mol. The fourth-order valence-corrected chi connectivity index (χ4v) is 3.94. The molecule has 2 aromatic rings. The van der Waals surface area contributed by atoms with E-state index in [1.165, 1.54) is 7.11 Å². The summed E-state index contributed by atoms with van der Waals surface area (Å²) in [6, 6.07) is 15.0. The van der Waals surface area contributed by atoms with Gasteiger partial charge in [0.25, 0.3) is 0 Å². The van der Waals surface area contributed by atoms with Crippen molar-refractivity contribution in [2.45, 2.75) is 17.9 Å². The Bertz CT molecular complexity index is 816.